The van der Waals surface area contributed by atoms with Crippen LogP contribution in [0.5, 0.6) is 0 Å². The number of amides is 2. The molecule has 0 aliphatic carbocycles. The SMILES string of the molecule is C#Cc1cccc(NC(=O)C(NC(=O)OCC)C(C)C)c1. The van der Waals surface area contributed by atoms with Crippen molar-refractivity contribution in [2.75, 3.05) is 11.9 Å². The van der Waals surface area contributed by atoms with Gasteiger partial charge < -0.3 is 15.4 Å². The van der Waals surface area contributed by atoms with Crippen molar-refractivity contribution < 1.29 is 14.3 Å². The Morgan fingerprint density at radius 2 is 2.10 bits per heavy atom. The fraction of sp³-hybridized carbons (Fsp3) is 0.375. The number of ether oxygens (including phenoxy) is 1. The first kappa shape index (κ1) is 16.6. The van der Waals surface area contributed by atoms with E-state index in [2.05, 4.69) is 16.6 Å². The number of hydrogen-bond donors (Lipinski definition) is 2. The molecule has 0 spiro atoms. The summed E-state index contributed by atoms with van der Waals surface area (Å²) in [7, 11) is 0. The normalized spacial score (nSPS) is 11.4. The van der Waals surface area contributed by atoms with Gasteiger partial charge in [-0.15, -0.1) is 6.42 Å². The van der Waals surface area contributed by atoms with Crippen LogP contribution in [-0.4, -0.2) is 24.6 Å². The predicted molar refractivity (Wildman–Crippen MR) is 81.8 cm³/mol. The third-order valence-electron chi connectivity index (χ3n) is 2.79. The van der Waals surface area contributed by atoms with Gasteiger partial charge in [0.25, 0.3) is 0 Å². The van der Waals surface area contributed by atoms with Crippen LogP contribution in [0.15, 0.2) is 24.3 Å². The minimum atomic E-state index is -0.682. The van der Waals surface area contributed by atoms with Crippen molar-refractivity contribution in [3.63, 3.8) is 0 Å². The summed E-state index contributed by atoms with van der Waals surface area (Å²) in [6.45, 7) is 5.64. The molecule has 5 nitrogen and oxygen atoms in total. The second-order valence-electron chi connectivity index (χ2n) is 4.80. The molecule has 0 aliphatic heterocycles. The van der Waals surface area contributed by atoms with Crippen LogP contribution in [0.25, 0.3) is 0 Å². The van der Waals surface area contributed by atoms with Crippen molar-refractivity contribution in [2.24, 2.45) is 5.92 Å². The van der Waals surface area contributed by atoms with Gasteiger partial charge in [0.2, 0.25) is 5.91 Å². The topological polar surface area (TPSA) is 67.4 Å². The standard InChI is InChI=1S/C16H20N2O3/c1-5-12-8-7-9-13(10-12)17-15(19)14(11(3)4)18-16(20)21-6-2/h1,7-11,14H,6H2,2-4H3,(H,17,19)(H,18,20). The van der Waals surface area contributed by atoms with E-state index in [0.717, 1.165) is 0 Å². The highest BCUT2D eigenvalue weighted by Crippen LogP contribution is 2.12. The molecule has 0 saturated carbocycles. The van der Waals surface area contributed by atoms with E-state index in [1.54, 1.807) is 31.2 Å². The maximum absolute atomic E-state index is 12.3. The molecule has 0 aliphatic rings. The van der Waals surface area contributed by atoms with E-state index in [0.29, 0.717) is 11.3 Å². The minimum Gasteiger partial charge on any atom is -0.450 e. The third-order valence-corrected chi connectivity index (χ3v) is 2.79. The maximum Gasteiger partial charge on any atom is 0.407 e. The zero-order valence-corrected chi connectivity index (χ0v) is 12.5. The Bertz CT molecular complexity index is 547. The van der Waals surface area contributed by atoms with Crippen molar-refractivity contribution in [3.8, 4) is 12.3 Å². The third kappa shape index (κ3) is 5.19. The first-order chi connectivity index (χ1) is 9.97. The van der Waals surface area contributed by atoms with Gasteiger partial charge in [-0.2, -0.15) is 0 Å². The molecule has 2 amide bonds. The quantitative estimate of drug-likeness (QED) is 0.817. The molecule has 21 heavy (non-hydrogen) atoms. The van der Waals surface area contributed by atoms with Gasteiger partial charge in [0.1, 0.15) is 6.04 Å². The molecule has 0 heterocycles. The van der Waals surface area contributed by atoms with E-state index < -0.39 is 12.1 Å². The van der Waals surface area contributed by atoms with E-state index in [4.69, 9.17) is 11.2 Å². The van der Waals surface area contributed by atoms with Gasteiger partial charge in [-0.25, -0.2) is 4.79 Å². The lowest BCUT2D eigenvalue weighted by Crippen LogP contribution is -2.47. The fourth-order valence-electron chi connectivity index (χ4n) is 1.74. The summed E-state index contributed by atoms with van der Waals surface area (Å²) < 4.78 is 4.80. The Kier molecular flexibility index (Phi) is 6.28. The van der Waals surface area contributed by atoms with Gasteiger partial charge in [0.15, 0.2) is 0 Å². The van der Waals surface area contributed by atoms with Crippen LogP contribution in [0.1, 0.15) is 26.3 Å². The van der Waals surface area contributed by atoms with Crippen molar-refractivity contribution in [3.05, 3.63) is 29.8 Å². The number of hydrogen-bond acceptors (Lipinski definition) is 3. The van der Waals surface area contributed by atoms with Crippen molar-refractivity contribution in [1.82, 2.24) is 5.32 Å². The molecule has 1 aromatic rings. The van der Waals surface area contributed by atoms with Gasteiger partial charge in [-0.05, 0) is 31.0 Å². The fourth-order valence-corrected chi connectivity index (χ4v) is 1.74. The summed E-state index contributed by atoms with van der Waals surface area (Å²) in [5, 5.41) is 5.29. The highest BCUT2D eigenvalue weighted by atomic mass is 16.5. The Balaban J connectivity index is 2.77. The highest BCUT2D eigenvalue weighted by molar-refractivity contribution is 5.96. The van der Waals surface area contributed by atoms with Crippen LogP contribution in [0, 0.1) is 18.3 Å². The van der Waals surface area contributed by atoms with E-state index in [1.807, 2.05) is 13.8 Å². The molecule has 0 fully saturated rings. The second kappa shape index (κ2) is 7.95. The number of carbonyl (C=O) groups excluding carboxylic acids is 2. The van der Waals surface area contributed by atoms with Gasteiger partial charge >= 0.3 is 6.09 Å². The molecule has 0 radical (unpaired) electrons. The van der Waals surface area contributed by atoms with E-state index in [-0.39, 0.29) is 18.4 Å². The van der Waals surface area contributed by atoms with Gasteiger partial charge in [0.05, 0.1) is 6.61 Å². The first-order valence-corrected chi connectivity index (χ1v) is 6.78. The Labute approximate surface area is 125 Å². The number of terminal acetylenes is 1. The van der Waals surface area contributed by atoms with Crippen LogP contribution in [-0.2, 0) is 9.53 Å². The Morgan fingerprint density at radius 1 is 1.38 bits per heavy atom. The zero-order valence-electron chi connectivity index (χ0n) is 12.5. The van der Waals surface area contributed by atoms with Crippen LogP contribution in [0.4, 0.5) is 10.5 Å². The van der Waals surface area contributed by atoms with E-state index in [1.165, 1.54) is 0 Å². The zero-order chi connectivity index (χ0) is 15.8. The lowest BCUT2D eigenvalue weighted by atomic mass is 10.0. The number of rotatable bonds is 5. The number of anilines is 1. The van der Waals surface area contributed by atoms with Crippen molar-refractivity contribution >= 4 is 17.7 Å². The summed E-state index contributed by atoms with van der Waals surface area (Å²) >= 11 is 0. The molecule has 0 bridgehead atoms. The number of alkyl carbamates (subject to hydrolysis) is 1. The molecule has 1 rings (SSSR count). The van der Waals surface area contributed by atoms with E-state index >= 15 is 0 Å². The lowest BCUT2D eigenvalue weighted by Gasteiger charge is -2.21. The molecule has 1 aromatic carbocycles. The monoisotopic (exact) mass is 288 g/mol. The average Bonchev–Trinajstić information content (AvgIpc) is 2.44. The molecule has 1 atom stereocenters. The first-order valence-electron chi connectivity index (χ1n) is 6.78. The number of nitrogens with one attached hydrogen (secondary N) is 2. The summed E-state index contributed by atoms with van der Waals surface area (Å²) in [5.74, 6) is 2.11. The molecule has 0 aromatic heterocycles. The average molecular weight is 288 g/mol. The number of carbonyl (C=O) groups is 2. The second-order valence-corrected chi connectivity index (χ2v) is 4.80. The highest BCUT2D eigenvalue weighted by Gasteiger charge is 2.24. The summed E-state index contributed by atoms with van der Waals surface area (Å²) in [5.41, 5.74) is 1.26. The van der Waals surface area contributed by atoms with Crippen LogP contribution >= 0.6 is 0 Å². The minimum absolute atomic E-state index is 0.0785. The van der Waals surface area contributed by atoms with Crippen molar-refractivity contribution in [2.45, 2.75) is 26.8 Å². The predicted octanol–water partition coefficient (Wildman–Crippen LogP) is 2.38. The molecular weight excluding hydrogens is 268 g/mol. The summed E-state index contributed by atoms with van der Waals surface area (Å²) in [4.78, 5) is 23.7. The van der Waals surface area contributed by atoms with Crippen molar-refractivity contribution in [1.29, 1.82) is 0 Å². The Morgan fingerprint density at radius 3 is 2.67 bits per heavy atom. The number of benzene rings is 1. The lowest BCUT2D eigenvalue weighted by molar-refractivity contribution is -0.119. The molecule has 112 valence electrons. The summed E-state index contributed by atoms with van der Waals surface area (Å²) in [6.07, 6.45) is 4.71. The molecule has 5 heteroatoms. The Hall–Kier alpha value is -2.48. The molecule has 0 saturated heterocycles. The molecule has 2 N–H and O–H groups in total. The molecular formula is C16H20N2O3. The van der Waals surface area contributed by atoms with Crippen LogP contribution in [0.3, 0.4) is 0 Å². The molecule has 1 unspecified atom stereocenters. The maximum atomic E-state index is 12.3. The van der Waals surface area contributed by atoms with Crippen LogP contribution in [0.2, 0.25) is 0 Å². The van der Waals surface area contributed by atoms with Gasteiger partial charge in [0, 0.05) is 11.3 Å². The largest absolute Gasteiger partial charge is 0.450 e. The van der Waals surface area contributed by atoms with Crippen LogP contribution < -0.4 is 10.6 Å². The van der Waals surface area contributed by atoms with Gasteiger partial charge in [-0.3, -0.25) is 4.79 Å². The van der Waals surface area contributed by atoms with Gasteiger partial charge in [-0.1, -0.05) is 25.8 Å². The van der Waals surface area contributed by atoms with E-state index in [9.17, 15) is 9.59 Å². The summed E-state index contributed by atoms with van der Waals surface area (Å²) in [6, 6.07) is 6.28. The smallest absolute Gasteiger partial charge is 0.407 e.